The maximum atomic E-state index is 14.1. The summed E-state index contributed by atoms with van der Waals surface area (Å²) in [5.41, 5.74) is 0.405. The predicted octanol–water partition coefficient (Wildman–Crippen LogP) is 2.15. The summed E-state index contributed by atoms with van der Waals surface area (Å²) in [6.07, 6.45) is 0. The fourth-order valence-corrected chi connectivity index (χ4v) is 3.51. The molecule has 2 heterocycles. The van der Waals surface area contributed by atoms with Gasteiger partial charge in [-0.25, -0.2) is 9.18 Å². The number of Topliss-reactive ketones (excluding diaryl/α,β-unsaturated/α-hetero) is 1. The standard InChI is InChI=1S/C21H18FN5O5/c1-30-14-8-7-12(10-15(14)31-2)19(28)16-17(20(29)32-3)23-21-24-25-26-27(21)18(16)11-5-4-6-13(22)9-11/h4-10,18H,1-3H3,(H,23,24,26)/t18-/m0/s1. The number of rotatable bonds is 6. The Labute approximate surface area is 181 Å². The molecule has 164 valence electrons. The van der Waals surface area contributed by atoms with E-state index in [1.165, 1.54) is 56.3 Å². The summed E-state index contributed by atoms with van der Waals surface area (Å²) in [6, 6.07) is 9.22. The number of allylic oxidation sites excluding steroid dienone is 1. The molecule has 4 rings (SSSR count). The molecule has 1 aliphatic rings. The second kappa shape index (κ2) is 8.46. The highest BCUT2D eigenvalue weighted by Crippen LogP contribution is 2.38. The first-order valence-electron chi connectivity index (χ1n) is 9.38. The summed E-state index contributed by atoms with van der Waals surface area (Å²) in [6.45, 7) is 0. The highest BCUT2D eigenvalue weighted by molar-refractivity contribution is 6.15. The molecule has 0 spiro atoms. The first-order chi connectivity index (χ1) is 15.5. The molecular weight excluding hydrogens is 421 g/mol. The molecule has 0 fully saturated rings. The van der Waals surface area contributed by atoms with Gasteiger partial charge in [-0.15, -0.1) is 0 Å². The Hall–Kier alpha value is -4.28. The maximum Gasteiger partial charge on any atom is 0.355 e. The molecule has 1 aliphatic heterocycles. The zero-order chi connectivity index (χ0) is 22.8. The van der Waals surface area contributed by atoms with Gasteiger partial charge in [-0.05, 0) is 46.3 Å². The fraction of sp³-hybridized carbons (Fsp3) is 0.190. The number of hydrogen-bond donors (Lipinski definition) is 1. The van der Waals surface area contributed by atoms with Gasteiger partial charge < -0.3 is 19.5 Å². The largest absolute Gasteiger partial charge is 0.493 e. The van der Waals surface area contributed by atoms with Crippen LogP contribution in [-0.4, -0.2) is 53.3 Å². The van der Waals surface area contributed by atoms with Crippen LogP contribution < -0.4 is 14.8 Å². The van der Waals surface area contributed by atoms with Gasteiger partial charge in [0, 0.05) is 5.56 Å². The first-order valence-corrected chi connectivity index (χ1v) is 9.38. The number of tetrazole rings is 1. The van der Waals surface area contributed by atoms with Gasteiger partial charge in [-0.1, -0.05) is 17.2 Å². The van der Waals surface area contributed by atoms with Gasteiger partial charge in [0.05, 0.1) is 26.9 Å². The van der Waals surface area contributed by atoms with E-state index in [4.69, 9.17) is 14.2 Å². The molecule has 2 aromatic carbocycles. The number of ether oxygens (including phenoxy) is 3. The molecule has 10 nitrogen and oxygen atoms in total. The molecule has 11 heteroatoms. The quantitative estimate of drug-likeness (QED) is 0.455. The maximum absolute atomic E-state index is 14.1. The topological polar surface area (TPSA) is 117 Å². The van der Waals surface area contributed by atoms with E-state index in [0.29, 0.717) is 17.1 Å². The lowest BCUT2D eigenvalue weighted by Crippen LogP contribution is -2.33. The van der Waals surface area contributed by atoms with Crippen molar-refractivity contribution in [1.29, 1.82) is 0 Å². The van der Waals surface area contributed by atoms with Crippen molar-refractivity contribution in [3.63, 3.8) is 0 Å². The number of ketones is 1. The second-order valence-electron chi connectivity index (χ2n) is 6.71. The Bertz CT molecular complexity index is 1240. The van der Waals surface area contributed by atoms with Crippen molar-refractivity contribution in [2.75, 3.05) is 26.6 Å². The van der Waals surface area contributed by atoms with E-state index in [-0.39, 0.29) is 22.8 Å². The van der Waals surface area contributed by atoms with E-state index in [1.54, 1.807) is 12.1 Å². The average Bonchev–Trinajstić information content (AvgIpc) is 3.29. The summed E-state index contributed by atoms with van der Waals surface area (Å²) in [5, 5.41) is 14.2. The van der Waals surface area contributed by atoms with E-state index >= 15 is 0 Å². The monoisotopic (exact) mass is 439 g/mol. The van der Waals surface area contributed by atoms with E-state index in [1.807, 2.05) is 0 Å². The average molecular weight is 439 g/mol. The molecule has 1 N–H and O–H groups in total. The number of nitrogens with one attached hydrogen (secondary N) is 1. The third-order valence-electron chi connectivity index (χ3n) is 4.96. The number of carbonyl (C=O) groups is 2. The van der Waals surface area contributed by atoms with Gasteiger partial charge in [-0.3, -0.25) is 4.79 Å². The smallest absolute Gasteiger partial charge is 0.355 e. The Balaban J connectivity index is 1.94. The lowest BCUT2D eigenvalue weighted by molar-refractivity contribution is -0.136. The van der Waals surface area contributed by atoms with Crippen molar-refractivity contribution < 1.29 is 28.2 Å². The predicted molar refractivity (Wildman–Crippen MR) is 109 cm³/mol. The van der Waals surface area contributed by atoms with Crippen molar-refractivity contribution in [2.45, 2.75) is 6.04 Å². The number of methoxy groups -OCH3 is 3. The number of esters is 1. The number of hydrogen-bond acceptors (Lipinski definition) is 9. The molecule has 1 atom stereocenters. The second-order valence-corrected chi connectivity index (χ2v) is 6.71. The number of halogens is 1. The van der Waals surface area contributed by atoms with Gasteiger partial charge in [0.2, 0.25) is 5.95 Å². The summed E-state index contributed by atoms with van der Waals surface area (Å²) in [7, 11) is 4.10. The van der Waals surface area contributed by atoms with E-state index in [2.05, 4.69) is 20.8 Å². The third-order valence-corrected chi connectivity index (χ3v) is 4.96. The SMILES string of the molecule is COC(=O)C1=C(C(=O)c2ccc(OC)c(OC)c2)[C@H](c2cccc(F)c2)n2nnnc2N1. The van der Waals surface area contributed by atoms with Crippen LogP contribution in [0.4, 0.5) is 10.3 Å². The van der Waals surface area contributed by atoms with E-state index < -0.39 is 23.6 Å². The van der Waals surface area contributed by atoms with Crippen molar-refractivity contribution >= 4 is 17.7 Å². The van der Waals surface area contributed by atoms with Crippen molar-refractivity contribution in [3.8, 4) is 11.5 Å². The van der Waals surface area contributed by atoms with Crippen LogP contribution in [0.1, 0.15) is 22.0 Å². The number of aromatic nitrogens is 4. The number of benzene rings is 2. The highest BCUT2D eigenvalue weighted by Gasteiger charge is 2.38. The van der Waals surface area contributed by atoms with Crippen LogP contribution >= 0.6 is 0 Å². The van der Waals surface area contributed by atoms with Crippen LogP contribution in [0.2, 0.25) is 0 Å². The number of fused-ring (bicyclic) bond motifs is 1. The van der Waals surface area contributed by atoms with Crippen molar-refractivity contribution in [2.24, 2.45) is 0 Å². The molecule has 0 saturated heterocycles. The highest BCUT2D eigenvalue weighted by atomic mass is 19.1. The van der Waals surface area contributed by atoms with Crippen LogP contribution in [0, 0.1) is 5.82 Å². The lowest BCUT2D eigenvalue weighted by atomic mass is 9.89. The minimum absolute atomic E-state index is 0.0190. The van der Waals surface area contributed by atoms with Crippen molar-refractivity contribution in [1.82, 2.24) is 20.2 Å². The van der Waals surface area contributed by atoms with Crippen LogP contribution in [0.3, 0.4) is 0 Å². The normalized spacial score (nSPS) is 14.9. The molecule has 0 radical (unpaired) electrons. The Morgan fingerprint density at radius 1 is 1.06 bits per heavy atom. The Morgan fingerprint density at radius 2 is 1.84 bits per heavy atom. The number of nitrogens with zero attached hydrogens (tertiary/aromatic N) is 4. The van der Waals surface area contributed by atoms with Gasteiger partial charge in [0.15, 0.2) is 17.3 Å². The zero-order valence-electron chi connectivity index (χ0n) is 17.3. The summed E-state index contributed by atoms with van der Waals surface area (Å²) in [5.74, 6) is -0.999. The first kappa shape index (κ1) is 21.0. The molecular formula is C21H18FN5O5. The Kier molecular flexibility index (Phi) is 5.54. The van der Waals surface area contributed by atoms with Crippen LogP contribution in [0.15, 0.2) is 53.7 Å². The number of anilines is 1. The molecule has 0 bridgehead atoms. The summed E-state index contributed by atoms with van der Waals surface area (Å²) >= 11 is 0. The molecule has 0 aliphatic carbocycles. The van der Waals surface area contributed by atoms with Gasteiger partial charge in [0.1, 0.15) is 17.6 Å². The minimum Gasteiger partial charge on any atom is -0.493 e. The Morgan fingerprint density at radius 3 is 2.53 bits per heavy atom. The summed E-state index contributed by atoms with van der Waals surface area (Å²) in [4.78, 5) is 26.3. The van der Waals surface area contributed by atoms with Gasteiger partial charge >= 0.3 is 5.97 Å². The summed E-state index contributed by atoms with van der Waals surface area (Å²) < 4.78 is 30.8. The molecule has 0 saturated carbocycles. The third kappa shape index (κ3) is 3.53. The van der Waals surface area contributed by atoms with Crippen LogP contribution in [0.25, 0.3) is 0 Å². The molecule has 0 unspecified atom stereocenters. The molecule has 32 heavy (non-hydrogen) atoms. The lowest BCUT2D eigenvalue weighted by Gasteiger charge is -2.28. The van der Waals surface area contributed by atoms with E-state index in [9.17, 15) is 14.0 Å². The molecule has 1 aromatic heterocycles. The molecule has 0 amide bonds. The van der Waals surface area contributed by atoms with Crippen LogP contribution in [0.5, 0.6) is 11.5 Å². The van der Waals surface area contributed by atoms with Gasteiger partial charge in [-0.2, -0.15) is 4.68 Å². The zero-order valence-corrected chi connectivity index (χ0v) is 17.3. The van der Waals surface area contributed by atoms with E-state index in [0.717, 1.165) is 0 Å². The fourth-order valence-electron chi connectivity index (χ4n) is 3.51. The molecule has 3 aromatic rings. The number of carbonyl (C=O) groups excluding carboxylic acids is 2. The van der Waals surface area contributed by atoms with Gasteiger partial charge in [0.25, 0.3) is 0 Å². The van der Waals surface area contributed by atoms with Crippen molar-refractivity contribution in [3.05, 3.63) is 70.7 Å². The minimum atomic E-state index is -0.994. The van der Waals surface area contributed by atoms with Crippen LogP contribution in [-0.2, 0) is 9.53 Å².